The number of nitrogens with two attached hydrogens (primary N) is 1. The van der Waals surface area contributed by atoms with E-state index < -0.39 is 0 Å². The molecule has 1 atom stereocenters. The average molecular weight is 193 g/mol. The van der Waals surface area contributed by atoms with Crippen molar-refractivity contribution in [3.05, 3.63) is 30.1 Å². The minimum atomic E-state index is 0.460. The predicted molar refractivity (Wildman–Crippen MR) is 59.0 cm³/mol. The second-order valence-electron chi connectivity index (χ2n) is 3.69. The number of hydrogen-bond acceptors (Lipinski definition) is 3. The van der Waals surface area contributed by atoms with Crippen LogP contribution in [-0.2, 0) is 0 Å². The van der Waals surface area contributed by atoms with Gasteiger partial charge in [0, 0.05) is 18.4 Å². The van der Waals surface area contributed by atoms with Gasteiger partial charge in [0.2, 0.25) is 0 Å². The Balaban J connectivity index is 2.68. The highest BCUT2D eigenvalue weighted by Crippen LogP contribution is 2.21. The Hall–Kier alpha value is -0.930. The fourth-order valence-corrected chi connectivity index (χ4v) is 1.62. The van der Waals surface area contributed by atoms with Crippen LogP contribution in [-0.4, -0.2) is 30.5 Å². The summed E-state index contributed by atoms with van der Waals surface area (Å²) < 4.78 is 0. The molecule has 1 unspecified atom stereocenters. The molecule has 0 aromatic carbocycles. The molecule has 0 amide bonds. The lowest BCUT2D eigenvalue weighted by Crippen LogP contribution is -2.20. The monoisotopic (exact) mass is 193 g/mol. The van der Waals surface area contributed by atoms with Crippen LogP contribution in [0.25, 0.3) is 0 Å². The second kappa shape index (κ2) is 5.73. The summed E-state index contributed by atoms with van der Waals surface area (Å²) in [6, 6.07) is 4.60. The third-order valence-electron chi connectivity index (χ3n) is 2.40. The number of hydrogen-bond donors (Lipinski definition) is 1. The van der Waals surface area contributed by atoms with E-state index in [2.05, 4.69) is 36.1 Å². The molecular weight excluding hydrogens is 174 g/mol. The van der Waals surface area contributed by atoms with Crippen LogP contribution < -0.4 is 5.73 Å². The van der Waals surface area contributed by atoms with Gasteiger partial charge in [-0.25, -0.2) is 0 Å². The number of aromatic nitrogens is 1. The first-order valence-electron chi connectivity index (χ1n) is 5.02. The van der Waals surface area contributed by atoms with Crippen LogP contribution in [0.3, 0.4) is 0 Å². The summed E-state index contributed by atoms with van der Waals surface area (Å²) in [6.07, 6.45) is 5.85. The molecule has 0 saturated carbocycles. The first-order chi connectivity index (χ1) is 6.75. The largest absolute Gasteiger partial charge is 0.330 e. The smallest absolute Gasteiger partial charge is 0.0343 e. The molecule has 0 radical (unpaired) electrons. The van der Waals surface area contributed by atoms with Crippen LogP contribution in [0.2, 0.25) is 0 Å². The fourth-order valence-electron chi connectivity index (χ4n) is 1.62. The van der Waals surface area contributed by atoms with Crippen LogP contribution in [0, 0.1) is 0 Å². The summed E-state index contributed by atoms with van der Waals surface area (Å²) in [5.41, 5.74) is 6.84. The van der Waals surface area contributed by atoms with Gasteiger partial charge in [-0.3, -0.25) is 4.98 Å². The van der Waals surface area contributed by atoms with Gasteiger partial charge in [0.1, 0.15) is 0 Å². The van der Waals surface area contributed by atoms with E-state index in [1.807, 2.05) is 12.4 Å². The quantitative estimate of drug-likeness (QED) is 0.769. The van der Waals surface area contributed by atoms with Gasteiger partial charge in [0.05, 0.1) is 0 Å². The predicted octanol–water partition coefficient (Wildman–Crippen LogP) is 1.42. The van der Waals surface area contributed by atoms with Gasteiger partial charge >= 0.3 is 0 Å². The molecule has 0 fully saturated rings. The number of nitrogens with zero attached hydrogens (tertiary/aromatic N) is 2. The maximum Gasteiger partial charge on any atom is 0.0343 e. The standard InChI is InChI=1S/C11H19N3/c1-14(2)11(4-3-7-12)10-5-8-13-9-6-10/h5-6,8-9,11H,3-4,7,12H2,1-2H3. The summed E-state index contributed by atoms with van der Waals surface area (Å²) in [4.78, 5) is 6.25. The summed E-state index contributed by atoms with van der Waals surface area (Å²) in [5.74, 6) is 0. The first kappa shape index (κ1) is 11.1. The highest BCUT2D eigenvalue weighted by molar-refractivity contribution is 5.14. The molecule has 0 aliphatic rings. The molecule has 1 heterocycles. The van der Waals surface area contributed by atoms with Crippen molar-refractivity contribution in [3.63, 3.8) is 0 Å². The van der Waals surface area contributed by atoms with Crippen molar-refractivity contribution in [3.8, 4) is 0 Å². The zero-order chi connectivity index (χ0) is 10.4. The Morgan fingerprint density at radius 1 is 1.36 bits per heavy atom. The summed E-state index contributed by atoms with van der Waals surface area (Å²) in [5, 5.41) is 0. The molecule has 78 valence electrons. The van der Waals surface area contributed by atoms with Crippen molar-refractivity contribution in [1.82, 2.24) is 9.88 Å². The molecule has 1 aromatic rings. The molecule has 0 saturated heterocycles. The lowest BCUT2D eigenvalue weighted by molar-refractivity contribution is 0.280. The minimum Gasteiger partial charge on any atom is -0.330 e. The lowest BCUT2D eigenvalue weighted by Gasteiger charge is -2.24. The molecular formula is C11H19N3. The summed E-state index contributed by atoms with van der Waals surface area (Å²) in [7, 11) is 4.20. The van der Waals surface area contributed by atoms with Crippen LogP contribution in [0.5, 0.6) is 0 Å². The van der Waals surface area contributed by atoms with E-state index in [4.69, 9.17) is 5.73 Å². The van der Waals surface area contributed by atoms with Gasteiger partial charge in [-0.15, -0.1) is 0 Å². The number of pyridine rings is 1. The number of rotatable bonds is 5. The van der Waals surface area contributed by atoms with Gasteiger partial charge in [-0.1, -0.05) is 0 Å². The van der Waals surface area contributed by atoms with Crippen molar-refractivity contribution in [2.45, 2.75) is 18.9 Å². The molecule has 3 nitrogen and oxygen atoms in total. The maximum atomic E-state index is 5.52. The van der Waals surface area contributed by atoms with Crippen molar-refractivity contribution >= 4 is 0 Å². The van der Waals surface area contributed by atoms with Crippen molar-refractivity contribution < 1.29 is 0 Å². The van der Waals surface area contributed by atoms with E-state index in [0.29, 0.717) is 6.04 Å². The van der Waals surface area contributed by atoms with Gasteiger partial charge in [-0.2, -0.15) is 0 Å². The molecule has 1 aromatic heterocycles. The summed E-state index contributed by atoms with van der Waals surface area (Å²) >= 11 is 0. The van der Waals surface area contributed by atoms with Crippen LogP contribution in [0.15, 0.2) is 24.5 Å². The molecule has 0 aliphatic heterocycles. The van der Waals surface area contributed by atoms with E-state index >= 15 is 0 Å². The zero-order valence-corrected chi connectivity index (χ0v) is 8.98. The SMILES string of the molecule is CN(C)C(CCCN)c1ccncc1. The van der Waals surface area contributed by atoms with E-state index in [1.54, 1.807) is 0 Å². The molecule has 0 aliphatic carbocycles. The Kier molecular flexibility index (Phi) is 4.56. The van der Waals surface area contributed by atoms with Gasteiger partial charge in [-0.05, 0) is 51.2 Å². The van der Waals surface area contributed by atoms with E-state index in [0.717, 1.165) is 19.4 Å². The third-order valence-corrected chi connectivity index (χ3v) is 2.40. The maximum absolute atomic E-state index is 5.52. The van der Waals surface area contributed by atoms with Gasteiger partial charge in [0.15, 0.2) is 0 Å². The van der Waals surface area contributed by atoms with Crippen molar-refractivity contribution in [2.75, 3.05) is 20.6 Å². The second-order valence-corrected chi connectivity index (χ2v) is 3.69. The molecule has 14 heavy (non-hydrogen) atoms. The lowest BCUT2D eigenvalue weighted by atomic mass is 10.0. The van der Waals surface area contributed by atoms with Crippen LogP contribution in [0.1, 0.15) is 24.4 Å². The summed E-state index contributed by atoms with van der Waals surface area (Å²) in [6.45, 7) is 0.759. The fraction of sp³-hybridized carbons (Fsp3) is 0.545. The van der Waals surface area contributed by atoms with Gasteiger partial charge in [0.25, 0.3) is 0 Å². The Labute approximate surface area is 85.9 Å². The normalized spacial score (nSPS) is 13.1. The van der Waals surface area contributed by atoms with Crippen molar-refractivity contribution in [1.29, 1.82) is 0 Å². The molecule has 2 N–H and O–H groups in total. The topological polar surface area (TPSA) is 42.1 Å². The highest BCUT2D eigenvalue weighted by atomic mass is 15.1. The molecule has 0 bridgehead atoms. The average Bonchev–Trinajstić information content (AvgIpc) is 2.19. The Morgan fingerprint density at radius 2 is 2.00 bits per heavy atom. The third kappa shape index (κ3) is 3.09. The Morgan fingerprint density at radius 3 is 2.50 bits per heavy atom. The zero-order valence-electron chi connectivity index (χ0n) is 8.98. The first-order valence-corrected chi connectivity index (χ1v) is 5.02. The van der Waals surface area contributed by atoms with Crippen LogP contribution in [0.4, 0.5) is 0 Å². The van der Waals surface area contributed by atoms with Gasteiger partial charge < -0.3 is 10.6 Å². The van der Waals surface area contributed by atoms with Crippen molar-refractivity contribution in [2.24, 2.45) is 5.73 Å². The molecule has 3 heteroatoms. The Bertz CT molecular complexity index is 246. The molecule has 1 rings (SSSR count). The van der Waals surface area contributed by atoms with E-state index in [1.165, 1.54) is 5.56 Å². The highest BCUT2D eigenvalue weighted by Gasteiger charge is 2.12. The van der Waals surface area contributed by atoms with E-state index in [-0.39, 0.29) is 0 Å². The van der Waals surface area contributed by atoms with Crippen LogP contribution >= 0.6 is 0 Å². The minimum absolute atomic E-state index is 0.460. The van der Waals surface area contributed by atoms with E-state index in [9.17, 15) is 0 Å². The molecule has 0 spiro atoms.